The lowest BCUT2D eigenvalue weighted by Crippen LogP contribution is -2.41. The van der Waals surface area contributed by atoms with Gasteiger partial charge in [-0.15, -0.1) is 0 Å². The van der Waals surface area contributed by atoms with Crippen LogP contribution in [0.25, 0.3) is 0 Å². The van der Waals surface area contributed by atoms with E-state index >= 15 is 0 Å². The number of aromatic nitrogens is 1. The molecular weight excluding hydrogens is 338 g/mol. The summed E-state index contributed by atoms with van der Waals surface area (Å²) in [6.07, 6.45) is 2.55. The normalized spacial score (nSPS) is 11.9. The van der Waals surface area contributed by atoms with Gasteiger partial charge in [0.25, 0.3) is 0 Å². The molecule has 1 aromatic carbocycles. The first kappa shape index (κ1) is 15.5. The summed E-state index contributed by atoms with van der Waals surface area (Å²) in [4.78, 5) is 10.7. The summed E-state index contributed by atoms with van der Waals surface area (Å²) in [5.41, 5.74) is 0.215. The number of carbonyl (C=O) groups is 1. The van der Waals surface area contributed by atoms with Crippen LogP contribution in [0.3, 0.4) is 0 Å². The number of halogens is 1. The summed E-state index contributed by atoms with van der Waals surface area (Å²) in [6, 6.07) is 10.3. The van der Waals surface area contributed by atoms with Crippen molar-refractivity contribution in [2.75, 3.05) is 6.61 Å². The lowest BCUT2D eigenvalue weighted by molar-refractivity contribution is -0.703. The standard InChI is InChI=1S/C15H14BrNO4/c16-12-1-3-14(4-2-12)21-10-13(18)9-17-7-5-11(6-8-17)15(19)20/h1-8,13,18H,9-10H2/p+1. The van der Waals surface area contributed by atoms with E-state index in [1.165, 1.54) is 12.1 Å². The molecule has 0 spiro atoms. The molecule has 1 heterocycles. The number of carboxylic acids is 1. The van der Waals surface area contributed by atoms with Crippen LogP contribution >= 0.6 is 15.9 Å². The van der Waals surface area contributed by atoms with Crippen molar-refractivity contribution >= 4 is 21.9 Å². The quantitative estimate of drug-likeness (QED) is 0.778. The maximum absolute atomic E-state index is 10.7. The van der Waals surface area contributed by atoms with Gasteiger partial charge in [-0.3, -0.25) is 0 Å². The molecule has 5 nitrogen and oxygen atoms in total. The maximum atomic E-state index is 10.7. The van der Waals surface area contributed by atoms with E-state index in [1.54, 1.807) is 17.0 Å². The van der Waals surface area contributed by atoms with Crippen molar-refractivity contribution in [2.24, 2.45) is 0 Å². The van der Waals surface area contributed by atoms with Gasteiger partial charge in [-0.2, -0.15) is 0 Å². The summed E-state index contributed by atoms with van der Waals surface area (Å²) < 4.78 is 8.15. The fourth-order valence-corrected chi connectivity index (χ4v) is 2.01. The van der Waals surface area contributed by atoms with Crippen molar-refractivity contribution in [3.05, 3.63) is 58.8 Å². The number of carboxylic acid groups (broad SMARTS) is 1. The Balaban J connectivity index is 1.85. The molecule has 0 bridgehead atoms. The fraction of sp³-hybridized carbons (Fsp3) is 0.200. The molecule has 6 heteroatoms. The highest BCUT2D eigenvalue weighted by Gasteiger charge is 2.13. The van der Waals surface area contributed by atoms with Crippen LogP contribution in [0.4, 0.5) is 0 Å². The van der Waals surface area contributed by atoms with Crippen LogP contribution in [0.2, 0.25) is 0 Å². The minimum Gasteiger partial charge on any atom is -0.491 e. The Bertz CT molecular complexity index is 598. The van der Waals surface area contributed by atoms with Crippen LogP contribution in [0.1, 0.15) is 10.4 Å². The third-order valence-electron chi connectivity index (χ3n) is 2.82. The number of hydrogen-bond donors (Lipinski definition) is 2. The number of aromatic carboxylic acids is 1. The van der Waals surface area contributed by atoms with Crippen molar-refractivity contribution in [1.29, 1.82) is 0 Å². The minimum atomic E-state index is -0.971. The molecule has 0 aliphatic heterocycles. The highest BCUT2D eigenvalue weighted by Crippen LogP contribution is 2.16. The average molecular weight is 353 g/mol. The Kier molecular flexibility index (Phi) is 5.30. The molecule has 1 atom stereocenters. The van der Waals surface area contributed by atoms with Crippen LogP contribution in [-0.4, -0.2) is 28.9 Å². The first-order chi connectivity index (χ1) is 10.0. The van der Waals surface area contributed by atoms with Crippen LogP contribution in [0.15, 0.2) is 53.3 Å². The molecule has 2 rings (SSSR count). The molecule has 0 radical (unpaired) electrons. The molecule has 0 fully saturated rings. The third-order valence-corrected chi connectivity index (χ3v) is 3.34. The van der Waals surface area contributed by atoms with Crippen LogP contribution in [-0.2, 0) is 6.54 Å². The number of ether oxygens (including phenoxy) is 1. The summed E-state index contributed by atoms with van der Waals surface area (Å²) in [7, 11) is 0. The van der Waals surface area contributed by atoms with E-state index in [1.807, 2.05) is 24.3 Å². The van der Waals surface area contributed by atoms with E-state index in [-0.39, 0.29) is 12.2 Å². The zero-order valence-electron chi connectivity index (χ0n) is 11.1. The lowest BCUT2D eigenvalue weighted by Gasteiger charge is -2.10. The molecule has 2 N–H and O–H groups in total. The Labute approximate surface area is 130 Å². The molecule has 0 aliphatic rings. The molecule has 21 heavy (non-hydrogen) atoms. The summed E-state index contributed by atoms with van der Waals surface area (Å²) in [5.74, 6) is -0.287. The predicted octanol–water partition coefficient (Wildman–Crippen LogP) is 1.87. The number of pyridine rings is 1. The second-order valence-corrected chi connectivity index (χ2v) is 5.42. The smallest absolute Gasteiger partial charge is 0.336 e. The van der Waals surface area contributed by atoms with Crippen molar-refractivity contribution in [3.63, 3.8) is 0 Å². The van der Waals surface area contributed by atoms with Gasteiger partial charge < -0.3 is 14.9 Å². The van der Waals surface area contributed by atoms with E-state index in [4.69, 9.17) is 9.84 Å². The molecule has 0 aliphatic carbocycles. The van der Waals surface area contributed by atoms with Crippen molar-refractivity contribution in [1.82, 2.24) is 0 Å². The molecule has 110 valence electrons. The Hall–Kier alpha value is -1.92. The number of aliphatic hydroxyl groups excluding tert-OH is 1. The molecule has 1 unspecified atom stereocenters. The molecule has 0 saturated carbocycles. The minimum absolute atomic E-state index is 0.162. The molecule has 1 aromatic heterocycles. The number of benzene rings is 1. The highest BCUT2D eigenvalue weighted by atomic mass is 79.9. The number of nitrogens with zero attached hydrogens (tertiary/aromatic N) is 1. The molecule has 0 saturated heterocycles. The van der Waals surface area contributed by atoms with Gasteiger partial charge in [0.15, 0.2) is 18.9 Å². The van der Waals surface area contributed by atoms with Gasteiger partial charge in [-0.1, -0.05) is 15.9 Å². The van der Waals surface area contributed by atoms with E-state index < -0.39 is 12.1 Å². The first-order valence-electron chi connectivity index (χ1n) is 6.33. The molecule has 0 amide bonds. The van der Waals surface area contributed by atoms with E-state index in [2.05, 4.69) is 15.9 Å². The van der Waals surface area contributed by atoms with Gasteiger partial charge in [0.1, 0.15) is 18.5 Å². The van der Waals surface area contributed by atoms with E-state index in [9.17, 15) is 9.90 Å². The topological polar surface area (TPSA) is 70.6 Å². The number of hydrogen-bond acceptors (Lipinski definition) is 3. The maximum Gasteiger partial charge on any atom is 0.336 e. The van der Waals surface area contributed by atoms with Crippen LogP contribution < -0.4 is 9.30 Å². The van der Waals surface area contributed by atoms with Gasteiger partial charge in [-0.05, 0) is 24.3 Å². The Morgan fingerprint density at radius 1 is 1.19 bits per heavy atom. The zero-order valence-corrected chi connectivity index (χ0v) is 12.7. The van der Waals surface area contributed by atoms with Gasteiger partial charge in [0.05, 0.1) is 5.56 Å². The van der Waals surface area contributed by atoms with Crippen molar-refractivity contribution in [2.45, 2.75) is 12.6 Å². The van der Waals surface area contributed by atoms with Crippen molar-refractivity contribution in [3.8, 4) is 5.75 Å². The second-order valence-electron chi connectivity index (χ2n) is 4.51. The Morgan fingerprint density at radius 3 is 2.38 bits per heavy atom. The molecular formula is C15H15BrNO4+. The number of aliphatic hydroxyl groups is 1. The number of rotatable bonds is 6. The summed E-state index contributed by atoms with van der Waals surface area (Å²) in [6.45, 7) is 0.492. The lowest BCUT2D eigenvalue weighted by atomic mass is 10.2. The fourth-order valence-electron chi connectivity index (χ4n) is 1.74. The van der Waals surface area contributed by atoms with E-state index in [0.29, 0.717) is 12.3 Å². The van der Waals surface area contributed by atoms with Gasteiger partial charge >= 0.3 is 5.97 Å². The summed E-state index contributed by atoms with van der Waals surface area (Å²) in [5, 5.41) is 18.7. The van der Waals surface area contributed by atoms with Crippen LogP contribution in [0, 0.1) is 0 Å². The largest absolute Gasteiger partial charge is 0.491 e. The summed E-state index contributed by atoms with van der Waals surface area (Å²) >= 11 is 3.34. The van der Waals surface area contributed by atoms with Crippen LogP contribution in [0.5, 0.6) is 5.75 Å². The van der Waals surface area contributed by atoms with Crippen molar-refractivity contribution < 1.29 is 24.3 Å². The second kappa shape index (κ2) is 7.19. The van der Waals surface area contributed by atoms with Gasteiger partial charge in [-0.25, -0.2) is 9.36 Å². The van der Waals surface area contributed by atoms with Gasteiger partial charge in [0.2, 0.25) is 0 Å². The molecule has 2 aromatic rings. The SMILES string of the molecule is O=C(O)c1cc[n+](CC(O)COc2ccc(Br)cc2)cc1. The van der Waals surface area contributed by atoms with Gasteiger partial charge in [0, 0.05) is 16.6 Å². The van der Waals surface area contributed by atoms with E-state index in [0.717, 1.165) is 4.47 Å². The monoisotopic (exact) mass is 352 g/mol. The predicted molar refractivity (Wildman–Crippen MR) is 79.2 cm³/mol. The third kappa shape index (κ3) is 4.84. The zero-order chi connectivity index (χ0) is 15.2. The highest BCUT2D eigenvalue weighted by molar-refractivity contribution is 9.10. The Morgan fingerprint density at radius 2 is 1.81 bits per heavy atom. The first-order valence-corrected chi connectivity index (χ1v) is 7.13. The average Bonchev–Trinajstić information content (AvgIpc) is 2.47.